The minimum atomic E-state index is -1.30. The molecule has 0 saturated carbocycles. The predicted molar refractivity (Wildman–Crippen MR) is 87.1 cm³/mol. The lowest BCUT2D eigenvalue weighted by Gasteiger charge is -1.93. The second-order valence-electron chi connectivity index (χ2n) is 4.43. The van der Waals surface area contributed by atoms with Crippen molar-refractivity contribution in [2.75, 3.05) is 0 Å². The summed E-state index contributed by atoms with van der Waals surface area (Å²) in [6.45, 7) is 1.92. The van der Waals surface area contributed by atoms with Gasteiger partial charge in [0.15, 0.2) is 0 Å². The lowest BCUT2D eigenvalue weighted by atomic mass is 10.2. The van der Waals surface area contributed by atoms with Gasteiger partial charge in [0, 0.05) is 11.1 Å². The summed E-state index contributed by atoms with van der Waals surface area (Å²) in [6.07, 6.45) is 1.92. The van der Waals surface area contributed by atoms with Crippen LogP contribution in [-0.2, 0) is 0 Å². The Balaban J connectivity index is 2.18. The molecular weight excluding hydrogens is 294 g/mol. The molecule has 0 spiro atoms. The van der Waals surface area contributed by atoms with Crippen LogP contribution in [0, 0.1) is 34.6 Å². The summed E-state index contributed by atoms with van der Waals surface area (Å²) in [6, 6.07) is 12.1. The zero-order valence-corrected chi connectivity index (χ0v) is 13.0. The van der Waals surface area contributed by atoms with E-state index in [0.717, 1.165) is 11.1 Å². The van der Waals surface area contributed by atoms with E-state index in [0.29, 0.717) is 0 Å². The van der Waals surface area contributed by atoms with Crippen molar-refractivity contribution in [3.8, 4) is 22.9 Å². The van der Waals surface area contributed by atoms with Crippen LogP contribution >= 0.6 is 0 Å². The molecule has 22 heavy (non-hydrogen) atoms. The highest BCUT2D eigenvalue weighted by Gasteiger charge is 1.99. The second-order valence-corrected chi connectivity index (χ2v) is 6.09. The Labute approximate surface area is 131 Å². The molecular formula is C19H13F2Si. The Kier molecular flexibility index (Phi) is 5.71. The van der Waals surface area contributed by atoms with Crippen molar-refractivity contribution >= 4 is 8.80 Å². The Morgan fingerprint density at radius 3 is 1.55 bits per heavy atom. The molecule has 0 aliphatic carbocycles. The SMILES string of the molecule is CC=C[Si](C#Cc1ccc(F)cc1)C#Cc1ccc(F)cc1. The molecule has 0 saturated heterocycles. The molecule has 1 radical (unpaired) electrons. The predicted octanol–water partition coefficient (Wildman–Crippen LogP) is 4.06. The van der Waals surface area contributed by atoms with Crippen molar-refractivity contribution in [2.24, 2.45) is 0 Å². The van der Waals surface area contributed by atoms with E-state index in [1.165, 1.54) is 24.3 Å². The molecule has 0 heterocycles. The maximum atomic E-state index is 12.8. The molecule has 2 rings (SSSR count). The first-order chi connectivity index (χ1) is 10.7. The van der Waals surface area contributed by atoms with Crippen molar-refractivity contribution in [1.82, 2.24) is 0 Å². The van der Waals surface area contributed by atoms with Crippen LogP contribution in [0.2, 0.25) is 0 Å². The van der Waals surface area contributed by atoms with Crippen LogP contribution in [0.15, 0.2) is 60.3 Å². The van der Waals surface area contributed by atoms with Gasteiger partial charge in [0.05, 0.1) is 0 Å². The highest BCUT2D eigenvalue weighted by Crippen LogP contribution is 2.02. The lowest BCUT2D eigenvalue weighted by molar-refractivity contribution is 0.627. The molecule has 0 nitrogen and oxygen atoms in total. The zero-order chi connectivity index (χ0) is 15.8. The Bertz CT molecular complexity index is 703. The molecule has 2 aromatic carbocycles. The molecule has 0 atom stereocenters. The van der Waals surface area contributed by atoms with Gasteiger partial charge in [0.2, 0.25) is 0 Å². The Hall–Kier alpha value is -2.62. The maximum absolute atomic E-state index is 12.8. The molecule has 0 aromatic heterocycles. The maximum Gasteiger partial charge on any atom is 0.260 e. The van der Waals surface area contributed by atoms with Crippen LogP contribution in [0.5, 0.6) is 0 Å². The normalized spacial score (nSPS) is 10.0. The van der Waals surface area contributed by atoms with Crippen LogP contribution < -0.4 is 0 Å². The van der Waals surface area contributed by atoms with Gasteiger partial charge in [-0.1, -0.05) is 23.6 Å². The largest absolute Gasteiger partial charge is 0.260 e. The van der Waals surface area contributed by atoms with E-state index < -0.39 is 8.80 Å². The summed E-state index contributed by atoms with van der Waals surface area (Å²) in [4.78, 5) is 0. The van der Waals surface area contributed by atoms with Crippen LogP contribution in [-0.4, -0.2) is 8.80 Å². The molecule has 107 valence electrons. The van der Waals surface area contributed by atoms with Gasteiger partial charge in [-0.05, 0) is 55.5 Å². The first kappa shape index (κ1) is 15.8. The highest BCUT2D eigenvalue weighted by molar-refractivity contribution is 6.80. The van der Waals surface area contributed by atoms with Crippen molar-refractivity contribution in [2.45, 2.75) is 6.92 Å². The van der Waals surface area contributed by atoms with Crippen molar-refractivity contribution in [1.29, 1.82) is 0 Å². The van der Waals surface area contributed by atoms with E-state index in [4.69, 9.17) is 0 Å². The first-order valence-corrected chi connectivity index (χ1v) is 8.30. The van der Waals surface area contributed by atoms with Gasteiger partial charge in [0.25, 0.3) is 8.80 Å². The third-order valence-electron chi connectivity index (χ3n) is 2.70. The van der Waals surface area contributed by atoms with Gasteiger partial charge in [-0.25, -0.2) is 8.78 Å². The molecule has 0 aliphatic rings. The molecule has 0 aliphatic heterocycles. The van der Waals surface area contributed by atoms with Crippen molar-refractivity contribution in [3.63, 3.8) is 0 Å². The second kappa shape index (κ2) is 7.98. The molecule has 3 heteroatoms. The summed E-state index contributed by atoms with van der Waals surface area (Å²) in [5.74, 6) is 5.48. The third kappa shape index (κ3) is 5.05. The Morgan fingerprint density at radius 2 is 1.18 bits per heavy atom. The van der Waals surface area contributed by atoms with E-state index in [1.807, 2.05) is 18.7 Å². The van der Waals surface area contributed by atoms with Crippen LogP contribution in [0.25, 0.3) is 0 Å². The van der Waals surface area contributed by atoms with E-state index in [-0.39, 0.29) is 11.6 Å². The third-order valence-corrected chi connectivity index (χ3v) is 4.16. The number of allylic oxidation sites excluding steroid dienone is 1. The fraction of sp³-hybridized carbons (Fsp3) is 0.0526. The molecule has 0 fully saturated rings. The van der Waals surface area contributed by atoms with Gasteiger partial charge < -0.3 is 0 Å². The van der Waals surface area contributed by atoms with Crippen molar-refractivity contribution in [3.05, 3.63) is 83.1 Å². The van der Waals surface area contributed by atoms with E-state index >= 15 is 0 Å². The molecule has 2 aromatic rings. The average Bonchev–Trinajstić information content (AvgIpc) is 2.53. The number of hydrogen-bond acceptors (Lipinski definition) is 0. The fourth-order valence-electron chi connectivity index (χ4n) is 1.63. The number of halogens is 2. The minimum absolute atomic E-state index is 0.277. The van der Waals surface area contributed by atoms with E-state index in [2.05, 4.69) is 22.9 Å². The molecule has 0 amide bonds. The minimum Gasteiger partial charge on any atom is -0.207 e. The standard InChI is InChI=1S/C19H13F2Si/c1-2-13-22(14-11-16-3-7-18(20)8-4-16)15-12-17-5-9-19(21)10-6-17/h2-10,13H,1H3. The average molecular weight is 307 g/mol. The number of rotatable bonds is 1. The van der Waals surface area contributed by atoms with Crippen LogP contribution in [0.4, 0.5) is 8.78 Å². The monoisotopic (exact) mass is 307 g/mol. The summed E-state index contributed by atoms with van der Waals surface area (Å²) in [7, 11) is -1.30. The summed E-state index contributed by atoms with van der Waals surface area (Å²) < 4.78 is 25.7. The number of hydrogen-bond donors (Lipinski definition) is 0. The van der Waals surface area contributed by atoms with Gasteiger partial charge in [-0.15, -0.1) is 11.1 Å². The van der Waals surface area contributed by atoms with Gasteiger partial charge >= 0.3 is 0 Å². The van der Waals surface area contributed by atoms with Crippen LogP contribution in [0.3, 0.4) is 0 Å². The zero-order valence-electron chi connectivity index (χ0n) is 12.0. The van der Waals surface area contributed by atoms with Crippen LogP contribution in [0.1, 0.15) is 18.1 Å². The topological polar surface area (TPSA) is 0 Å². The van der Waals surface area contributed by atoms with Crippen molar-refractivity contribution < 1.29 is 8.78 Å². The lowest BCUT2D eigenvalue weighted by Crippen LogP contribution is -2.03. The quantitative estimate of drug-likeness (QED) is 0.550. The van der Waals surface area contributed by atoms with Gasteiger partial charge in [0.1, 0.15) is 11.6 Å². The fourth-order valence-corrected chi connectivity index (χ4v) is 2.75. The first-order valence-electron chi connectivity index (χ1n) is 6.72. The van der Waals surface area contributed by atoms with E-state index in [1.54, 1.807) is 24.3 Å². The molecule has 0 N–H and O–H groups in total. The summed E-state index contributed by atoms with van der Waals surface area (Å²) in [5.41, 5.74) is 9.77. The van der Waals surface area contributed by atoms with Gasteiger partial charge in [-0.2, -0.15) is 0 Å². The highest BCUT2D eigenvalue weighted by atomic mass is 28.3. The van der Waals surface area contributed by atoms with Gasteiger partial charge in [-0.3, -0.25) is 0 Å². The number of benzene rings is 2. The van der Waals surface area contributed by atoms with E-state index in [9.17, 15) is 8.78 Å². The smallest absolute Gasteiger partial charge is 0.207 e. The Morgan fingerprint density at radius 1 is 0.773 bits per heavy atom. The summed E-state index contributed by atoms with van der Waals surface area (Å²) >= 11 is 0. The molecule has 0 bridgehead atoms. The summed E-state index contributed by atoms with van der Waals surface area (Å²) in [5, 5.41) is 0. The molecule has 0 unspecified atom stereocenters.